The number of hydrogen-bond acceptors (Lipinski definition) is 8. The molecule has 0 radical (unpaired) electrons. The molecule has 0 spiro atoms. The summed E-state index contributed by atoms with van der Waals surface area (Å²) in [7, 11) is 1.17. The van der Waals surface area contributed by atoms with Crippen molar-refractivity contribution < 1.29 is 28.6 Å². The second kappa shape index (κ2) is 8.82. The van der Waals surface area contributed by atoms with Crippen LogP contribution in [-0.2, 0) is 28.6 Å². The topological polar surface area (TPSA) is 131 Å². The highest BCUT2D eigenvalue weighted by molar-refractivity contribution is 5.92. The SMILES string of the molecule is COC(=O)C[C@H](N)C(=O)OC(=O)[C@@H](N)COC1CCCC1C. The van der Waals surface area contributed by atoms with Crippen molar-refractivity contribution in [3.8, 4) is 0 Å². The van der Waals surface area contributed by atoms with Crippen LogP contribution >= 0.6 is 0 Å². The average Bonchev–Trinajstić information content (AvgIpc) is 2.89. The van der Waals surface area contributed by atoms with Crippen LogP contribution in [0.25, 0.3) is 0 Å². The van der Waals surface area contributed by atoms with E-state index in [-0.39, 0.29) is 19.1 Å². The highest BCUT2D eigenvalue weighted by atomic mass is 16.6. The van der Waals surface area contributed by atoms with Crippen molar-refractivity contribution in [2.24, 2.45) is 17.4 Å². The molecule has 1 aliphatic carbocycles. The van der Waals surface area contributed by atoms with Crippen molar-refractivity contribution in [2.75, 3.05) is 13.7 Å². The molecule has 8 nitrogen and oxygen atoms in total. The van der Waals surface area contributed by atoms with E-state index in [2.05, 4.69) is 16.4 Å². The maximum Gasteiger partial charge on any atom is 0.333 e. The molecule has 4 atom stereocenters. The number of nitrogens with two attached hydrogens (primary N) is 2. The van der Waals surface area contributed by atoms with Crippen LogP contribution in [0.5, 0.6) is 0 Å². The molecule has 0 aromatic heterocycles. The lowest BCUT2D eigenvalue weighted by molar-refractivity contribution is -0.164. The van der Waals surface area contributed by atoms with Crippen LogP contribution in [-0.4, -0.2) is 49.8 Å². The van der Waals surface area contributed by atoms with Gasteiger partial charge in [-0.2, -0.15) is 0 Å². The predicted molar refractivity (Wildman–Crippen MR) is 76.4 cm³/mol. The van der Waals surface area contributed by atoms with Crippen LogP contribution in [0.15, 0.2) is 0 Å². The number of ether oxygens (including phenoxy) is 3. The lowest BCUT2D eigenvalue weighted by Crippen LogP contribution is -2.43. The van der Waals surface area contributed by atoms with Crippen LogP contribution < -0.4 is 11.5 Å². The Labute approximate surface area is 129 Å². The molecule has 0 aromatic rings. The molecule has 22 heavy (non-hydrogen) atoms. The van der Waals surface area contributed by atoms with Crippen LogP contribution in [0, 0.1) is 5.92 Å². The zero-order valence-corrected chi connectivity index (χ0v) is 12.9. The van der Waals surface area contributed by atoms with E-state index in [9.17, 15) is 14.4 Å². The standard InChI is InChI=1S/C14H24N2O6/c1-8-4-3-5-11(8)21-7-10(16)14(19)22-13(18)9(15)6-12(17)20-2/h8-11H,3-7,15-16H2,1-2H3/t8?,9-,10-,11?/m0/s1. The largest absolute Gasteiger partial charge is 0.469 e. The minimum Gasteiger partial charge on any atom is -0.469 e. The first-order valence-electron chi connectivity index (χ1n) is 7.30. The van der Waals surface area contributed by atoms with E-state index >= 15 is 0 Å². The Morgan fingerprint density at radius 1 is 1.14 bits per heavy atom. The third kappa shape index (κ3) is 5.70. The minimum absolute atomic E-state index is 0.0205. The van der Waals surface area contributed by atoms with Crippen LogP contribution in [0.4, 0.5) is 0 Å². The summed E-state index contributed by atoms with van der Waals surface area (Å²) in [5, 5.41) is 0. The van der Waals surface area contributed by atoms with Gasteiger partial charge in [-0.05, 0) is 18.8 Å². The first-order valence-corrected chi connectivity index (χ1v) is 7.30. The summed E-state index contributed by atoms with van der Waals surface area (Å²) >= 11 is 0. The first-order chi connectivity index (χ1) is 10.3. The Kier molecular flexibility index (Phi) is 7.43. The number of methoxy groups -OCH3 is 1. The second-order valence-corrected chi connectivity index (χ2v) is 5.51. The number of hydrogen-bond donors (Lipinski definition) is 2. The van der Waals surface area contributed by atoms with Gasteiger partial charge < -0.3 is 25.7 Å². The molecule has 0 amide bonds. The summed E-state index contributed by atoms with van der Waals surface area (Å²) in [5.41, 5.74) is 11.1. The van der Waals surface area contributed by atoms with Crippen LogP contribution in [0.3, 0.4) is 0 Å². The molecule has 2 unspecified atom stereocenters. The van der Waals surface area contributed by atoms with Crippen molar-refractivity contribution in [3.05, 3.63) is 0 Å². The molecule has 1 saturated carbocycles. The van der Waals surface area contributed by atoms with E-state index in [4.69, 9.17) is 16.2 Å². The molecule has 0 aromatic carbocycles. The van der Waals surface area contributed by atoms with Gasteiger partial charge in [-0.25, -0.2) is 9.59 Å². The number of esters is 3. The Bertz CT molecular complexity index is 414. The quantitative estimate of drug-likeness (QED) is 0.474. The number of rotatable bonds is 7. The Morgan fingerprint density at radius 2 is 1.77 bits per heavy atom. The van der Waals surface area contributed by atoms with Gasteiger partial charge in [-0.3, -0.25) is 4.79 Å². The van der Waals surface area contributed by atoms with Gasteiger partial charge in [0.05, 0.1) is 26.2 Å². The second-order valence-electron chi connectivity index (χ2n) is 5.51. The summed E-state index contributed by atoms with van der Waals surface area (Å²) in [6.07, 6.45) is 2.83. The van der Waals surface area contributed by atoms with E-state index in [1.165, 1.54) is 7.11 Å². The number of carbonyl (C=O) groups is 3. The highest BCUT2D eigenvalue weighted by Gasteiger charge is 2.28. The molecular formula is C14H24N2O6. The van der Waals surface area contributed by atoms with Crippen molar-refractivity contribution in [1.82, 2.24) is 0 Å². The van der Waals surface area contributed by atoms with Gasteiger partial charge in [0.15, 0.2) is 0 Å². The van der Waals surface area contributed by atoms with Gasteiger partial charge in [0, 0.05) is 0 Å². The normalized spacial score (nSPS) is 23.6. The summed E-state index contributed by atoms with van der Waals surface area (Å²) in [5.74, 6) is -2.17. The van der Waals surface area contributed by atoms with Gasteiger partial charge >= 0.3 is 17.9 Å². The Balaban J connectivity index is 2.33. The summed E-state index contributed by atoms with van der Waals surface area (Å²) < 4.78 is 14.5. The average molecular weight is 316 g/mol. The molecule has 8 heteroatoms. The lowest BCUT2D eigenvalue weighted by Gasteiger charge is -2.19. The lowest BCUT2D eigenvalue weighted by atomic mass is 10.1. The molecule has 0 aliphatic heterocycles. The Morgan fingerprint density at radius 3 is 2.32 bits per heavy atom. The predicted octanol–water partition coefficient (Wildman–Crippen LogP) is -0.521. The summed E-state index contributed by atoms with van der Waals surface area (Å²) in [4.78, 5) is 34.2. The van der Waals surface area contributed by atoms with Crippen LogP contribution in [0.1, 0.15) is 32.6 Å². The third-order valence-electron chi connectivity index (χ3n) is 3.69. The molecule has 1 rings (SSSR count). The van der Waals surface area contributed by atoms with Crippen molar-refractivity contribution in [1.29, 1.82) is 0 Å². The smallest absolute Gasteiger partial charge is 0.333 e. The molecule has 1 fully saturated rings. The molecule has 1 aliphatic rings. The fraction of sp³-hybridized carbons (Fsp3) is 0.786. The monoisotopic (exact) mass is 316 g/mol. The van der Waals surface area contributed by atoms with Crippen molar-refractivity contribution in [3.63, 3.8) is 0 Å². The molecular weight excluding hydrogens is 292 g/mol. The first kappa shape index (κ1) is 18.5. The zero-order valence-electron chi connectivity index (χ0n) is 12.9. The molecule has 126 valence electrons. The summed E-state index contributed by atoms with van der Waals surface area (Å²) in [6, 6.07) is -2.33. The maximum absolute atomic E-state index is 11.7. The Hall–Kier alpha value is -1.51. The van der Waals surface area contributed by atoms with E-state index in [1.807, 2.05) is 0 Å². The number of carbonyl (C=O) groups excluding carboxylic acids is 3. The summed E-state index contributed by atoms with van der Waals surface area (Å²) in [6.45, 7) is 2.06. The van der Waals surface area contributed by atoms with Crippen molar-refractivity contribution in [2.45, 2.75) is 50.8 Å². The van der Waals surface area contributed by atoms with Crippen molar-refractivity contribution >= 4 is 17.9 Å². The molecule has 0 saturated heterocycles. The molecule has 0 bridgehead atoms. The highest BCUT2D eigenvalue weighted by Crippen LogP contribution is 2.27. The van der Waals surface area contributed by atoms with Gasteiger partial charge in [-0.1, -0.05) is 13.3 Å². The van der Waals surface area contributed by atoms with E-state index in [0.717, 1.165) is 19.3 Å². The zero-order chi connectivity index (χ0) is 16.7. The van der Waals surface area contributed by atoms with Crippen LogP contribution in [0.2, 0.25) is 0 Å². The minimum atomic E-state index is -1.26. The van der Waals surface area contributed by atoms with Gasteiger partial charge in [0.2, 0.25) is 0 Å². The molecule has 4 N–H and O–H groups in total. The molecule has 0 heterocycles. The van der Waals surface area contributed by atoms with E-state index in [0.29, 0.717) is 5.92 Å². The van der Waals surface area contributed by atoms with Gasteiger partial charge in [0.1, 0.15) is 12.1 Å². The van der Waals surface area contributed by atoms with Gasteiger partial charge in [-0.15, -0.1) is 0 Å². The van der Waals surface area contributed by atoms with Gasteiger partial charge in [0.25, 0.3) is 0 Å². The van der Waals surface area contributed by atoms with E-state index in [1.54, 1.807) is 0 Å². The third-order valence-corrected chi connectivity index (χ3v) is 3.69. The fourth-order valence-corrected chi connectivity index (χ4v) is 2.25. The maximum atomic E-state index is 11.7. The van der Waals surface area contributed by atoms with E-state index < -0.39 is 30.0 Å². The fourth-order valence-electron chi connectivity index (χ4n) is 2.25.